The van der Waals surface area contributed by atoms with Crippen LogP contribution >= 0.6 is 11.6 Å². The van der Waals surface area contributed by atoms with Crippen molar-refractivity contribution in [1.29, 1.82) is 0 Å². The highest BCUT2D eigenvalue weighted by Gasteiger charge is 2.10. The molecule has 0 amide bonds. The largest absolute Gasteiger partial charge is 0.484 e. The smallest absolute Gasteiger partial charge is 0.146 e. The van der Waals surface area contributed by atoms with Gasteiger partial charge in [-0.15, -0.1) is 0 Å². The molecular formula is C17H22ClNO2. The molecule has 0 aliphatic carbocycles. The number of furan rings is 1. The Bertz CT molecular complexity index is 599. The van der Waals surface area contributed by atoms with E-state index in [0.717, 1.165) is 23.4 Å². The normalized spacial score (nSPS) is 11.7. The van der Waals surface area contributed by atoms with Gasteiger partial charge in [-0.05, 0) is 51.5 Å². The van der Waals surface area contributed by atoms with Crippen LogP contribution in [-0.4, -0.2) is 5.54 Å². The second-order valence-electron chi connectivity index (χ2n) is 6.25. The minimum absolute atomic E-state index is 0.0867. The molecule has 21 heavy (non-hydrogen) atoms. The Morgan fingerprint density at radius 1 is 1.24 bits per heavy atom. The summed E-state index contributed by atoms with van der Waals surface area (Å²) in [5, 5.41) is 4.04. The van der Waals surface area contributed by atoms with Gasteiger partial charge >= 0.3 is 0 Å². The first-order valence-electron chi connectivity index (χ1n) is 7.04. The second-order valence-corrected chi connectivity index (χ2v) is 6.65. The maximum Gasteiger partial charge on any atom is 0.146 e. The molecule has 0 spiro atoms. The number of hydrogen-bond acceptors (Lipinski definition) is 3. The summed E-state index contributed by atoms with van der Waals surface area (Å²) in [6, 6.07) is 7.74. The van der Waals surface area contributed by atoms with Crippen LogP contribution in [-0.2, 0) is 13.2 Å². The lowest BCUT2D eigenvalue weighted by Gasteiger charge is -2.19. The first-order valence-corrected chi connectivity index (χ1v) is 7.41. The van der Waals surface area contributed by atoms with Crippen LogP contribution in [0.25, 0.3) is 0 Å². The van der Waals surface area contributed by atoms with E-state index in [2.05, 4.69) is 26.1 Å². The van der Waals surface area contributed by atoms with Gasteiger partial charge in [0.1, 0.15) is 18.1 Å². The first-order chi connectivity index (χ1) is 9.83. The van der Waals surface area contributed by atoms with Gasteiger partial charge in [0.15, 0.2) is 0 Å². The van der Waals surface area contributed by atoms with E-state index in [4.69, 9.17) is 20.8 Å². The van der Waals surface area contributed by atoms with Crippen LogP contribution in [0.4, 0.5) is 0 Å². The third-order valence-corrected chi connectivity index (χ3v) is 3.28. The summed E-state index contributed by atoms with van der Waals surface area (Å²) in [6.45, 7) is 9.55. The summed E-state index contributed by atoms with van der Waals surface area (Å²) in [5.74, 6) is 1.46. The third-order valence-electron chi connectivity index (χ3n) is 2.99. The van der Waals surface area contributed by atoms with E-state index in [0.29, 0.717) is 17.4 Å². The van der Waals surface area contributed by atoms with Crippen molar-refractivity contribution in [3.8, 4) is 5.75 Å². The topological polar surface area (TPSA) is 34.4 Å². The Hall–Kier alpha value is -1.45. The van der Waals surface area contributed by atoms with E-state index in [1.807, 2.05) is 31.2 Å². The third kappa shape index (κ3) is 5.10. The Morgan fingerprint density at radius 2 is 2.00 bits per heavy atom. The van der Waals surface area contributed by atoms with Gasteiger partial charge in [-0.2, -0.15) is 0 Å². The molecule has 0 unspecified atom stereocenters. The van der Waals surface area contributed by atoms with Crippen LogP contribution in [0.1, 0.15) is 37.7 Å². The zero-order valence-corrected chi connectivity index (χ0v) is 13.8. The van der Waals surface area contributed by atoms with Gasteiger partial charge in [-0.3, -0.25) is 0 Å². The van der Waals surface area contributed by atoms with Gasteiger partial charge in [0, 0.05) is 17.6 Å². The van der Waals surface area contributed by atoms with Gasteiger partial charge in [0.25, 0.3) is 0 Å². The Balaban J connectivity index is 1.90. The molecule has 0 atom stereocenters. The maximum atomic E-state index is 6.14. The molecule has 4 heteroatoms. The molecule has 1 heterocycles. The minimum atomic E-state index is 0.0867. The van der Waals surface area contributed by atoms with E-state index in [9.17, 15) is 0 Å². The van der Waals surface area contributed by atoms with E-state index in [1.165, 1.54) is 0 Å². The zero-order valence-electron chi connectivity index (χ0n) is 13.0. The quantitative estimate of drug-likeness (QED) is 0.868. The molecular weight excluding hydrogens is 286 g/mol. The van der Waals surface area contributed by atoms with Crippen molar-refractivity contribution in [3.63, 3.8) is 0 Å². The van der Waals surface area contributed by atoms with Crippen LogP contribution in [0.3, 0.4) is 0 Å². The number of benzene rings is 1. The average Bonchev–Trinajstić information content (AvgIpc) is 2.82. The molecule has 0 fully saturated rings. The standard InChI is InChI=1S/C17H22ClNO2/c1-12-5-6-16(15(18)7-12)21-11-14-8-13(10-20-14)9-19-17(2,3)4/h5-8,10,19H,9,11H2,1-4H3. The van der Waals surface area contributed by atoms with Crippen LogP contribution in [0.15, 0.2) is 34.9 Å². The summed E-state index contributed by atoms with van der Waals surface area (Å²) < 4.78 is 11.2. The summed E-state index contributed by atoms with van der Waals surface area (Å²) in [4.78, 5) is 0. The summed E-state index contributed by atoms with van der Waals surface area (Å²) >= 11 is 6.14. The van der Waals surface area contributed by atoms with Crippen molar-refractivity contribution >= 4 is 11.6 Å². The highest BCUT2D eigenvalue weighted by molar-refractivity contribution is 6.32. The predicted octanol–water partition coefficient (Wildman–Crippen LogP) is 4.71. The van der Waals surface area contributed by atoms with Crippen molar-refractivity contribution < 1.29 is 9.15 Å². The van der Waals surface area contributed by atoms with Gasteiger partial charge < -0.3 is 14.5 Å². The molecule has 1 aromatic carbocycles. The van der Waals surface area contributed by atoms with Crippen LogP contribution in [0.5, 0.6) is 5.75 Å². The fraction of sp³-hybridized carbons (Fsp3) is 0.412. The molecule has 0 aliphatic heterocycles. The summed E-state index contributed by atoms with van der Waals surface area (Å²) in [7, 11) is 0. The molecule has 2 aromatic rings. The maximum absolute atomic E-state index is 6.14. The fourth-order valence-electron chi connectivity index (χ4n) is 1.83. The lowest BCUT2D eigenvalue weighted by atomic mass is 10.1. The van der Waals surface area contributed by atoms with E-state index in [-0.39, 0.29) is 5.54 Å². The average molecular weight is 308 g/mol. The molecule has 0 radical (unpaired) electrons. The molecule has 114 valence electrons. The van der Waals surface area contributed by atoms with Crippen molar-refractivity contribution in [2.24, 2.45) is 0 Å². The molecule has 1 N–H and O–H groups in total. The number of hydrogen-bond donors (Lipinski definition) is 1. The Kier molecular flexibility index (Phi) is 4.96. The minimum Gasteiger partial charge on any atom is -0.484 e. The number of ether oxygens (including phenoxy) is 1. The lowest BCUT2D eigenvalue weighted by molar-refractivity contribution is 0.270. The van der Waals surface area contributed by atoms with E-state index >= 15 is 0 Å². The Morgan fingerprint density at radius 3 is 2.67 bits per heavy atom. The molecule has 0 saturated carbocycles. The zero-order chi connectivity index (χ0) is 15.5. The highest BCUT2D eigenvalue weighted by Crippen LogP contribution is 2.26. The fourth-order valence-corrected chi connectivity index (χ4v) is 2.12. The highest BCUT2D eigenvalue weighted by atomic mass is 35.5. The molecule has 0 aliphatic rings. The van der Waals surface area contributed by atoms with Crippen LogP contribution in [0, 0.1) is 6.92 Å². The lowest BCUT2D eigenvalue weighted by Crippen LogP contribution is -2.34. The van der Waals surface area contributed by atoms with Crippen LogP contribution in [0.2, 0.25) is 5.02 Å². The van der Waals surface area contributed by atoms with Gasteiger partial charge in [-0.25, -0.2) is 0 Å². The number of aryl methyl sites for hydroxylation is 1. The summed E-state index contributed by atoms with van der Waals surface area (Å²) in [5.41, 5.74) is 2.31. The van der Waals surface area contributed by atoms with Gasteiger partial charge in [-0.1, -0.05) is 17.7 Å². The second kappa shape index (κ2) is 6.54. The van der Waals surface area contributed by atoms with E-state index in [1.54, 1.807) is 6.26 Å². The molecule has 0 saturated heterocycles. The Labute approximate surface area is 131 Å². The number of rotatable bonds is 5. The number of nitrogens with one attached hydrogen (secondary N) is 1. The van der Waals surface area contributed by atoms with Crippen LogP contribution < -0.4 is 10.1 Å². The van der Waals surface area contributed by atoms with Gasteiger partial charge in [0.2, 0.25) is 0 Å². The predicted molar refractivity (Wildman–Crippen MR) is 85.8 cm³/mol. The number of halogens is 1. The van der Waals surface area contributed by atoms with Gasteiger partial charge in [0.05, 0.1) is 11.3 Å². The first kappa shape index (κ1) is 15.9. The van der Waals surface area contributed by atoms with Crippen molar-refractivity contribution in [1.82, 2.24) is 5.32 Å². The molecule has 3 nitrogen and oxygen atoms in total. The summed E-state index contributed by atoms with van der Waals surface area (Å²) in [6.07, 6.45) is 1.76. The van der Waals surface area contributed by atoms with Crippen molar-refractivity contribution in [2.45, 2.75) is 46.4 Å². The molecule has 1 aromatic heterocycles. The molecule has 0 bridgehead atoms. The van der Waals surface area contributed by atoms with Crippen molar-refractivity contribution in [3.05, 3.63) is 52.4 Å². The molecule has 2 rings (SSSR count). The van der Waals surface area contributed by atoms with E-state index < -0.39 is 0 Å². The SMILES string of the molecule is Cc1ccc(OCc2cc(CNC(C)(C)C)co2)c(Cl)c1. The monoisotopic (exact) mass is 307 g/mol. The van der Waals surface area contributed by atoms with Crippen molar-refractivity contribution in [2.75, 3.05) is 0 Å².